The Morgan fingerprint density at radius 3 is 2.27 bits per heavy atom. The van der Waals surface area contributed by atoms with Crippen molar-refractivity contribution < 1.29 is 4.79 Å². The number of benzene rings is 2. The number of thiocarbonyl (C=S) groups is 1. The van der Waals surface area contributed by atoms with Crippen LogP contribution in [0.1, 0.15) is 25.5 Å². The molecule has 4 nitrogen and oxygen atoms in total. The number of hydrogen-bond donors (Lipinski definition) is 3. The monoisotopic (exact) mass is 313 g/mol. The third-order valence-electron chi connectivity index (χ3n) is 3.09. The van der Waals surface area contributed by atoms with Crippen LogP contribution in [0.15, 0.2) is 54.6 Å². The van der Waals surface area contributed by atoms with Crippen molar-refractivity contribution in [3.05, 3.63) is 60.2 Å². The molecule has 3 N–H and O–H groups in total. The van der Waals surface area contributed by atoms with Gasteiger partial charge in [-0.1, -0.05) is 36.4 Å². The molecule has 0 radical (unpaired) electrons. The summed E-state index contributed by atoms with van der Waals surface area (Å²) in [5.74, 6) is -0.101. The van der Waals surface area contributed by atoms with E-state index in [-0.39, 0.29) is 11.9 Å². The molecule has 1 amide bonds. The first-order chi connectivity index (χ1) is 10.5. The van der Waals surface area contributed by atoms with Crippen LogP contribution in [0.5, 0.6) is 0 Å². The highest BCUT2D eigenvalue weighted by molar-refractivity contribution is 7.80. The van der Waals surface area contributed by atoms with Gasteiger partial charge < -0.3 is 16.0 Å². The Kier molecular flexibility index (Phi) is 5.49. The highest BCUT2D eigenvalue weighted by atomic mass is 32.1. The van der Waals surface area contributed by atoms with E-state index in [1.54, 1.807) is 0 Å². The van der Waals surface area contributed by atoms with Crippen LogP contribution < -0.4 is 16.0 Å². The minimum absolute atomic E-state index is 0.101. The highest BCUT2D eigenvalue weighted by Crippen LogP contribution is 2.16. The van der Waals surface area contributed by atoms with Gasteiger partial charge in [-0.15, -0.1) is 0 Å². The van der Waals surface area contributed by atoms with Crippen LogP contribution in [-0.4, -0.2) is 11.0 Å². The number of anilines is 2. The molecule has 22 heavy (non-hydrogen) atoms. The molecular weight excluding hydrogens is 294 g/mol. The molecule has 0 aliphatic carbocycles. The lowest BCUT2D eigenvalue weighted by atomic mass is 10.1. The first kappa shape index (κ1) is 16.0. The first-order valence-electron chi connectivity index (χ1n) is 7.04. The van der Waals surface area contributed by atoms with Gasteiger partial charge in [-0.3, -0.25) is 4.79 Å². The third-order valence-corrected chi connectivity index (χ3v) is 3.31. The van der Waals surface area contributed by atoms with Crippen LogP contribution in [0.25, 0.3) is 0 Å². The van der Waals surface area contributed by atoms with Gasteiger partial charge in [-0.05, 0) is 42.9 Å². The van der Waals surface area contributed by atoms with Crippen molar-refractivity contribution in [2.75, 3.05) is 10.6 Å². The summed E-state index contributed by atoms with van der Waals surface area (Å²) < 4.78 is 0. The Bertz CT molecular complexity index is 658. The summed E-state index contributed by atoms with van der Waals surface area (Å²) in [6.07, 6.45) is 0. The molecule has 0 bridgehead atoms. The minimum atomic E-state index is -0.101. The number of hydrogen-bond acceptors (Lipinski definition) is 2. The predicted molar refractivity (Wildman–Crippen MR) is 95.0 cm³/mol. The summed E-state index contributed by atoms with van der Waals surface area (Å²) in [7, 11) is 0. The van der Waals surface area contributed by atoms with E-state index in [9.17, 15) is 4.79 Å². The van der Waals surface area contributed by atoms with E-state index in [2.05, 4.69) is 35.0 Å². The number of rotatable bonds is 4. The van der Waals surface area contributed by atoms with E-state index in [0.29, 0.717) is 5.11 Å². The molecule has 2 aromatic rings. The smallest absolute Gasteiger partial charge is 0.221 e. The molecule has 1 unspecified atom stereocenters. The maximum atomic E-state index is 11.1. The third kappa shape index (κ3) is 4.86. The van der Waals surface area contributed by atoms with E-state index in [0.717, 1.165) is 11.4 Å². The van der Waals surface area contributed by atoms with Gasteiger partial charge >= 0.3 is 0 Å². The first-order valence-corrected chi connectivity index (χ1v) is 7.45. The standard InChI is InChI=1S/C17H19N3OS/c1-12(14-7-4-3-5-8-14)18-17(22)20-16-10-6-9-15(11-16)19-13(2)21/h3-12H,1-2H3,(H,19,21)(H2,18,20,22). The van der Waals surface area contributed by atoms with Crippen LogP contribution in [0.3, 0.4) is 0 Å². The average Bonchev–Trinajstić information content (AvgIpc) is 2.47. The summed E-state index contributed by atoms with van der Waals surface area (Å²) in [5.41, 5.74) is 2.72. The maximum absolute atomic E-state index is 11.1. The fourth-order valence-corrected chi connectivity index (χ4v) is 2.36. The SMILES string of the molecule is CC(=O)Nc1cccc(NC(=S)NC(C)c2ccccc2)c1. The van der Waals surface area contributed by atoms with Crippen LogP contribution in [0, 0.1) is 0 Å². The van der Waals surface area contributed by atoms with Crippen LogP contribution >= 0.6 is 12.2 Å². The minimum Gasteiger partial charge on any atom is -0.356 e. The van der Waals surface area contributed by atoms with Gasteiger partial charge in [0.15, 0.2) is 5.11 Å². The van der Waals surface area contributed by atoms with E-state index in [1.807, 2.05) is 42.5 Å². The van der Waals surface area contributed by atoms with E-state index in [1.165, 1.54) is 12.5 Å². The number of amides is 1. The number of nitrogens with one attached hydrogen (secondary N) is 3. The van der Waals surface area contributed by atoms with Gasteiger partial charge in [-0.25, -0.2) is 0 Å². The lowest BCUT2D eigenvalue weighted by molar-refractivity contribution is -0.114. The number of carbonyl (C=O) groups excluding carboxylic acids is 1. The normalized spacial score (nSPS) is 11.4. The van der Waals surface area contributed by atoms with Gasteiger partial charge in [0.25, 0.3) is 0 Å². The lowest BCUT2D eigenvalue weighted by Gasteiger charge is -2.17. The van der Waals surface area contributed by atoms with Crippen molar-refractivity contribution in [2.45, 2.75) is 19.9 Å². The Hall–Kier alpha value is -2.40. The molecule has 0 aliphatic rings. The van der Waals surface area contributed by atoms with Crippen molar-refractivity contribution in [3.63, 3.8) is 0 Å². The summed E-state index contributed by atoms with van der Waals surface area (Å²) >= 11 is 5.33. The van der Waals surface area contributed by atoms with E-state index in [4.69, 9.17) is 12.2 Å². The quantitative estimate of drug-likeness (QED) is 0.754. The summed E-state index contributed by atoms with van der Waals surface area (Å²) in [5, 5.41) is 9.64. The highest BCUT2D eigenvalue weighted by Gasteiger charge is 2.06. The summed E-state index contributed by atoms with van der Waals surface area (Å²) in [4.78, 5) is 11.1. The van der Waals surface area contributed by atoms with Crippen molar-refractivity contribution in [3.8, 4) is 0 Å². The predicted octanol–water partition coefficient (Wildman–Crippen LogP) is 3.69. The van der Waals surface area contributed by atoms with Crippen LogP contribution in [0.4, 0.5) is 11.4 Å². The average molecular weight is 313 g/mol. The zero-order valence-corrected chi connectivity index (χ0v) is 13.4. The molecule has 5 heteroatoms. The molecule has 114 valence electrons. The fourth-order valence-electron chi connectivity index (χ4n) is 2.07. The Morgan fingerprint density at radius 1 is 1.00 bits per heavy atom. The zero-order chi connectivity index (χ0) is 15.9. The Labute approximate surface area is 135 Å². The molecule has 1 atom stereocenters. The van der Waals surface area contributed by atoms with Crippen molar-refractivity contribution in [1.82, 2.24) is 5.32 Å². The molecular formula is C17H19N3OS. The Morgan fingerprint density at radius 2 is 1.64 bits per heavy atom. The van der Waals surface area contributed by atoms with Crippen molar-refractivity contribution >= 4 is 34.6 Å². The molecule has 0 fully saturated rings. The largest absolute Gasteiger partial charge is 0.356 e. The molecule has 2 aromatic carbocycles. The van der Waals surface area contributed by atoms with E-state index >= 15 is 0 Å². The molecule has 0 saturated heterocycles. The molecule has 2 rings (SSSR count). The lowest BCUT2D eigenvalue weighted by Crippen LogP contribution is -2.30. The van der Waals surface area contributed by atoms with Crippen LogP contribution in [0.2, 0.25) is 0 Å². The van der Waals surface area contributed by atoms with Crippen molar-refractivity contribution in [2.24, 2.45) is 0 Å². The molecule has 0 saturated carbocycles. The van der Waals surface area contributed by atoms with Crippen molar-refractivity contribution in [1.29, 1.82) is 0 Å². The second kappa shape index (κ2) is 7.56. The van der Waals surface area contributed by atoms with E-state index < -0.39 is 0 Å². The Balaban J connectivity index is 1.96. The molecule has 0 spiro atoms. The maximum Gasteiger partial charge on any atom is 0.221 e. The molecule has 0 aromatic heterocycles. The van der Waals surface area contributed by atoms with Gasteiger partial charge in [0.05, 0.1) is 6.04 Å². The molecule has 0 heterocycles. The second-order valence-corrected chi connectivity index (χ2v) is 5.40. The zero-order valence-electron chi connectivity index (χ0n) is 12.6. The summed E-state index contributed by atoms with van der Waals surface area (Å²) in [6.45, 7) is 3.53. The summed E-state index contributed by atoms with van der Waals surface area (Å²) in [6, 6.07) is 17.6. The molecule has 0 aliphatic heterocycles. The van der Waals surface area contributed by atoms with Crippen LogP contribution in [-0.2, 0) is 4.79 Å². The topological polar surface area (TPSA) is 53.2 Å². The van der Waals surface area contributed by atoms with Gasteiger partial charge in [0, 0.05) is 18.3 Å². The fraction of sp³-hybridized carbons (Fsp3) is 0.176. The number of carbonyl (C=O) groups is 1. The van der Waals surface area contributed by atoms with Gasteiger partial charge in [0.1, 0.15) is 0 Å². The van der Waals surface area contributed by atoms with Gasteiger partial charge in [0.2, 0.25) is 5.91 Å². The van der Waals surface area contributed by atoms with Gasteiger partial charge in [-0.2, -0.15) is 0 Å². The second-order valence-electron chi connectivity index (χ2n) is 4.99.